The lowest BCUT2D eigenvalue weighted by Gasteiger charge is -2.36. The van der Waals surface area contributed by atoms with Crippen molar-refractivity contribution in [3.05, 3.63) is 30.1 Å². The van der Waals surface area contributed by atoms with E-state index < -0.39 is 6.10 Å². The second-order valence-electron chi connectivity index (χ2n) is 7.48. The number of fused-ring (bicyclic) bond motifs is 1. The summed E-state index contributed by atoms with van der Waals surface area (Å²) < 4.78 is 0. The summed E-state index contributed by atoms with van der Waals surface area (Å²) in [6, 6.07) is 7.90. The molecule has 0 bridgehead atoms. The molecule has 134 valence electrons. The van der Waals surface area contributed by atoms with E-state index in [0.29, 0.717) is 12.3 Å². The van der Waals surface area contributed by atoms with E-state index in [2.05, 4.69) is 4.98 Å². The molecule has 2 aliphatic rings. The fourth-order valence-electron chi connectivity index (χ4n) is 4.19. The number of amides is 1. The Morgan fingerprint density at radius 2 is 1.96 bits per heavy atom. The zero-order chi connectivity index (χ0) is 17.4. The Kier molecular flexibility index (Phi) is 4.48. The highest BCUT2D eigenvalue weighted by atomic mass is 16.3. The lowest BCUT2D eigenvalue weighted by molar-refractivity contribution is -0.139. The van der Waals surface area contributed by atoms with Crippen LogP contribution in [0.4, 0.5) is 0 Å². The van der Waals surface area contributed by atoms with E-state index in [1.807, 2.05) is 29.2 Å². The van der Waals surface area contributed by atoms with Crippen molar-refractivity contribution >= 4 is 16.9 Å². The number of H-pyrrole nitrogens is 1. The highest BCUT2D eigenvalue weighted by Crippen LogP contribution is 2.31. The Hall–Kier alpha value is -1.92. The maximum Gasteiger partial charge on any atom is 0.225 e. The van der Waals surface area contributed by atoms with Gasteiger partial charge in [0.2, 0.25) is 5.91 Å². The molecule has 4 rings (SSSR count). The van der Waals surface area contributed by atoms with Crippen LogP contribution >= 0.6 is 0 Å². The molecule has 1 aromatic heterocycles. The number of aromatic nitrogens is 2. The molecule has 6 heteroatoms. The molecule has 2 fully saturated rings. The van der Waals surface area contributed by atoms with Gasteiger partial charge in [0.25, 0.3) is 0 Å². The summed E-state index contributed by atoms with van der Waals surface area (Å²) in [4.78, 5) is 22.8. The predicted molar refractivity (Wildman–Crippen MR) is 96.0 cm³/mol. The molecule has 1 aromatic carbocycles. The van der Waals surface area contributed by atoms with E-state index in [0.717, 1.165) is 55.6 Å². The molecule has 1 saturated carbocycles. The highest BCUT2D eigenvalue weighted by molar-refractivity contribution is 5.79. The van der Waals surface area contributed by atoms with Crippen molar-refractivity contribution in [2.24, 2.45) is 11.7 Å². The average Bonchev–Trinajstić information content (AvgIpc) is 3.08. The first-order valence-corrected chi connectivity index (χ1v) is 9.29. The number of likely N-dealkylation sites (tertiary alicyclic amines) is 1. The molecule has 2 aromatic rings. The van der Waals surface area contributed by atoms with Crippen molar-refractivity contribution in [3.8, 4) is 0 Å². The lowest BCUT2D eigenvalue weighted by Crippen LogP contribution is -2.47. The number of carbonyl (C=O) groups is 1. The number of carbonyl (C=O) groups excluding carboxylic acids is 1. The van der Waals surface area contributed by atoms with Crippen molar-refractivity contribution in [2.45, 2.75) is 50.2 Å². The molecule has 0 unspecified atom stereocenters. The van der Waals surface area contributed by atoms with Crippen molar-refractivity contribution in [3.63, 3.8) is 0 Å². The summed E-state index contributed by atoms with van der Waals surface area (Å²) in [6.07, 6.45) is 3.34. The molecule has 1 aliphatic heterocycles. The standard InChI is InChI=1S/C19H26N4O2/c20-14-6-5-13(11-17(14)24)19(25)23-9-7-12(8-10-23)18-21-15-3-1-2-4-16(15)22-18/h1-4,12-14,17,24H,5-11,20H2,(H,21,22)/t13-,14+,17+/m0/s1. The number of aromatic amines is 1. The summed E-state index contributed by atoms with van der Waals surface area (Å²) in [6.45, 7) is 1.53. The van der Waals surface area contributed by atoms with Crippen LogP contribution in [0, 0.1) is 5.92 Å². The number of benzene rings is 1. The topological polar surface area (TPSA) is 95.2 Å². The van der Waals surface area contributed by atoms with Crippen LogP contribution in [-0.2, 0) is 4.79 Å². The molecular formula is C19H26N4O2. The van der Waals surface area contributed by atoms with Gasteiger partial charge in [-0.05, 0) is 44.2 Å². The Morgan fingerprint density at radius 3 is 2.68 bits per heavy atom. The number of aliphatic hydroxyl groups is 1. The van der Waals surface area contributed by atoms with E-state index in [4.69, 9.17) is 10.7 Å². The summed E-state index contributed by atoms with van der Waals surface area (Å²) >= 11 is 0. The quantitative estimate of drug-likeness (QED) is 0.775. The van der Waals surface area contributed by atoms with Crippen LogP contribution in [0.5, 0.6) is 0 Å². The van der Waals surface area contributed by atoms with Gasteiger partial charge in [0.1, 0.15) is 5.82 Å². The van der Waals surface area contributed by atoms with Crippen molar-refractivity contribution in [1.29, 1.82) is 0 Å². The molecule has 0 spiro atoms. The number of para-hydroxylation sites is 2. The summed E-state index contributed by atoms with van der Waals surface area (Å²) in [7, 11) is 0. The Balaban J connectivity index is 1.37. The maximum atomic E-state index is 12.7. The van der Waals surface area contributed by atoms with Crippen LogP contribution in [-0.4, -0.2) is 51.1 Å². The SMILES string of the molecule is N[C@@H]1CC[C@H](C(=O)N2CCC(c3nc4ccccc4[nH]3)CC2)C[C@H]1O. The average molecular weight is 342 g/mol. The van der Waals surface area contributed by atoms with E-state index in [9.17, 15) is 9.90 Å². The molecule has 6 nitrogen and oxygen atoms in total. The van der Waals surface area contributed by atoms with Crippen LogP contribution in [0.25, 0.3) is 11.0 Å². The smallest absolute Gasteiger partial charge is 0.225 e. The Labute approximate surface area is 147 Å². The highest BCUT2D eigenvalue weighted by Gasteiger charge is 2.35. The molecule has 4 N–H and O–H groups in total. The van der Waals surface area contributed by atoms with Crippen LogP contribution in [0.15, 0.2) is 24.3 Å². The first kappa shape index (κ1) is 16.5. The van der Waals surface area contributed by atoms with E-state index in [1.165, 1.54) is 0 Å². The van der Waals surface area contributed by atoms with Gasteiger partial charge in [0.05, 0.1) is 17.1 Å². The lowest BCUT2D eigenvalue weighted by atomic mass is 9.83. The van der Waals surface area contributed by atoms with Gasteiger partial charge in [-0.25, -0.2) is 4.98 Å². The van der Waals surface area contributed by atoms with E-state index in [-0.39, 0.29) is 17.9 Å². The monoisotopic (exact) mass is 342 g/mol. The van der Waals surface area contributed by atoms with Gasteiger partial charge in [-0.3, -0.25) is 4.79 Å². The van der Waals surface area contributed by atoms with Crippen molar-refractivity contribution in [2.75, 3.05) is 13.1 Å². The predicted octanol–water partition coefficient (Wildman–Crippen LogP) is 1.76. The van der Waals surface area contributed by atoms with Gasteiger partial charge in [0.15, 0.2) is 0 Å². The molecule has 0 radical (unpaired) electrons. The third kappa shape index (κ3) is 3.28. The van der Waals surface area contributed by atoms with Crippen LogP contribution in [0.3, 0.4) is 0 Å². The summed E-state index contributed by atoms with van der Waals surface area (Å²) in [5.41, 5.74) is 7.92. The van der Waals surface area contributed by atoms with E-state index in [1.54, 1.807) is 0 Å². The van der Waals surface area contributed by atoms with Gasteiger partial charge >= 0.3 is 0 Å². The number of nitrogens with one attached hydrogen (secondary N) is 1. The fourth-order valence-corrected chi connectivity index (χ4v) is 4.19. The Bertz CT molecular complexity index is 718. The molecule has 1 saturated heterocycles. The number of rotatable bonds is 2. The first-order valence-electron chi connectivity index (χ1n) is 9.29. The molecular weight excluding hydrogens is 316 g/mol. The van der Waals surface area contributed by atoms with Gasteiger partial charge in [0, 0.05) is 31.0 Å². The van der Waals surface area contributed by atoms with Crippen molar-refractivity contribution in [1.82, 2.24) is 14.9 Å². The minimum absolute atomic E-state index is 0.0717. The van der Waals surface area contributed by atoms with Gasteiger partial charge < -0.3 is 20.7 Å². The van der Waals surface area contributed by atoms with Gasteiger partial charge in [-0.2, -0.15) is 0 Å². The normalized spacial score (nSPS) is 28.4. The van der Waals surface area contributed by atoms with Gasteiger partial charge in [-0.15, -0.1) is 0 Å². The number of aliphatic hydroxyl groups excluding tert-OH is 1. The van der Waals surface area contributed by atoms with Crippen molar-refractivity contribution < 1.29 is 9.90 Å². The number of nitrogens with two attached hydrogens (primary N) is 1. The maximum absolute atomic E-state index is 12.7. The third-order valence-corrected chi connectivity index (χ3v) is 5.82. The summed E-state index contributed by atoms with van der Waals surface area (Å²) in [5, 5.41) is 9.95. The first-order chi connectivity index (χ1) is 12.1. The fraction of sp³-hybridized carbons (Fsp3) is 0.579. The van der Waals surface area contributed by atoms with Crippen LogP contribution in [0.2, 0.25) is 0 Å². The second-order valence-corrected chi connectivity index (χ2v) is 7.48. The zero-order valence-corrected chi connectivity index (χ0v) is 14.4. The number of hydrogen-bond donors (Lipinski definition) is 3. The number of nitrogens with zero attached hydrogens (tertiary/aromatic N) is 2. The summed E-state index contributed by atoms with van der Waals surface area (Å²) in [5.74, 6) is 1.53. The largest absolute Gasteiger partial charge is 0.391 e. The van der Waals surface area contributed by atoms with Crippen LogP contribution < -0.4 is 5.73 Å². The number of imidazole rings is 1. The minimum Gasteiger partial charge on any atom is -0.391 e. The third-order valence-electron chi connectivity index (χ3n) is 5.82. The molecule has 1 aliphatic carbocycles. The second kappa shape index (κ2) is 6.77. The molecule has 1 amide bonds. The minimum atomic E-state index is -0.546. The van der Waals surface area contributed by atoms with Crippen LogP contribution in [0.1, 0.15) is 43.8 Å². The zero-order valence-electron chi connectivity index (χ0n) is 14.4. The van der Waals surface area contributed by atoms with Gasteiger partial charge in [-0.1, -0.05) is 12.1 Å². The number of piperidine rings is 1. The Morgan fingerprint density at radius 1 is 1.20 bits per heavy atom. The van der Waals surface area contributed by atoms with E-state index >= 15 is 0 Å². The molecule has 2 heterocycles. The molecule has 25 heavy (non-hydrogen) atoms. The molecule has 3 atom stereocenters. The number of hydrogen-bond acceptors (Lipinski definition) is 4.